The van der Waals surface area contributed by atoms with Gasteiger partial charge in [0.05, 0.1) is 22.1 Å². The van der Waals surface area contributed by atoms with Gasteiger partial charge in [0.1, 0.15) is 0 Å². The molecule has 0 aliphatic heterocycles. The summed E-state index contributed by atoms with van der Waals surface area (Å²) >= 11 is 0. The monoisotopic (exact) mass is 802 g/mol. The van der Waals surface area contributed by atoms with Crippen LogP contribution in [0.4, 0.5) is 0 Å². The molecule has 2 heterocycles. The summed E-state index contributed by atoms with van der Waals surface area (Å²) < 4.78 is 4.91. The second-order valence-electron chi connectivity index (χ2n) is 16.5. The maximum Gasteiger partial charge on any atom is 0.0541 e. The normalized spacial score (nSPS) is 12.8. The fraction of sp³-hybridized carbons (Fsp3) is 0.0164. The summed E-state index contributed by atoms with van der Waals surface area (Å²) in [6, 6.07) is 80.0. The van der Waals surface area contributed by atoms with Crippen molar-refractivity contribution in [2.24, 2.45) is 0 Å². The largest absolute Gasteiger partial charge is 0.309 e. The molecule has 2 aromatic heterocycles. The third-order valence-corrected chi connectivity index (χ3v) is 12.7. The number of hydrogen-bond donors (Lipinski definition) is 0. The van der Waals surface area contributed by atoms with E-state index in [-0.39, 0.29) is 0 Å². The van der Waals surface area contributed by atoms with Crippen LogP contribution in [0.1, 0.15) is 17.5 Å². The maximum absolute atomic E-state index is 2.45. The summed E-state index contributed by atoms with van der Waals surface area (Å²) in [4.78, 5) is 0. The lowest BCUT2D eigenvalue weighted by Gasteiger charge is -2.18. The predicted octanol–water partition coefficient (Wildman–Crippen LogP) is 16.3. The van der Waals surface area contributed by atoms with Crippen molar-refractivity contribution in [3.63, 3.8) is 0 Å². The van der Waals surface area contributed by atoms with Gasteiger partial charge in [0.15, 0.2) is 0 Å². The van der Waals surface area contributed by atoms with Crippen LogP contribution in [0.3, 0.4) is 0 Å². The number of allylic oxidation sites excluding steroid dienone is 6. The molecule has 12 rings (SSSR count). The molecule has 0 radical (unpaired) electrons. The van der Waals surface area contributed by atoms with Crippen LogP contribution in [0.25, 0.3) is 99.5 Å². The topological polar surface area (TPSA) is 9.86 Å². The van der Waals surface area contributed by atoms with Gasteiger partial charge in [0.25, 0.3) is 0 Å². The van der Waals surface area contributed by atoms with Crippen LogP contribution >= 0.6 is 0 Å². The minimum atomic E-state index is 0.818. The van der Waals surface area contributed by atoms with E-state index in [9.17, 15) is 0 Å². The smallest absolute Gasteiger partial charge is 0.0541 e. The van der Waals surface area contributed by atoms with Crippen molar-refractivity contribution in [3.8, 4) is 44.8 Å². The Morgan fingerprint density at radius 3 is 1.24 bits per heavy atom. The zero-order valence-corrected chi connectivity index (χ0v) is 34.7. The highest BCUT2D eigenvalue weighted by atomic mass is 15.0. The van der Waals surface area contributed by atoms with Gasteiger partial charge in [-0.05, 0) is 129 Å². The quantitative estimate of drug-likeness (QED) is 0.152. The van der Waals surface area contributed by atoms with E-state index >= 15 is 0 Å². The Hall–Kier alpha value is -8.20. The van der Waals surface area contributed by atoms with Gasteiger partial charge in [0.2, 0.25) is 0 Å². The molecule has 2 heteroatoms. The van der Waals surface area contributed by atoms with E-state index in [0.29, 0.717) is 0 Å². The minimum absolute atomic E-state index is 0.818. The SMILES string of the molecule is C1=CC(c2ccccc2)=CCC(c2cc(-c3cccc(-c4ccccc4)c3)cc(-c3cc(-n4c5ccccc5c5ccccc54)cc(-n4c5ccccc5c5ccccc54)c3)c2)=C1. The molecule has 2 nitrogen and oxygen atoms in total. The second kappa shape index (κ2) is 15.4. The molecule has 0 saturated carbocycles. The van der Waals surface area contributed by atoms with Crippen molar-refractivity contribution < 1.29 is 0 Å². The van der Waals surface area contributed by atoms with E-state index in [1.54, 1.807) is 0 Å². The number of aromatic nitrogens is 2. The molecule has 9 aromatic carbocycles. The molecule has 1 aliphatic carbocycles. The lowest BCUT2D eigenvalue weighted by Crippen LogP contribution is -2.00. The van der Waals surface area contributed by atoms with Crippen LogP contribution in [-0.2, 0) is 0 Å². The summed E-state index contributed by atoms with van der Waals surface area (Å²) in [5, 5.41) is 4.98. The Morgan fingerprint density at radius 2 is 0.698 bits per heavy atom. The Labute approximate surface area is 367 Å². The van der Waals surface area contributed by atoms with Crippen molar-refractivity contribution in [1.82, 2.24) is 9.13 Å². The molecule has 0 amide bonds. The van der Waals surface area contributed by atoms with Gasteiger partial charge in [0, 0.05) is 32.9 Å². The molecular formula is C61H42N2. The van der Waals surface area contributed by atoms with E-state index in [4.69, 9.17) is 0 Å². The number of para-hydroxylation sites is 4. The molecular weight excluding hydrogens is 761 g/mol. The van der Waals surface area contributed by atoms with Crippen LogP contribution in [0, 0.1) is 0 Å². The highest BCUT2D eigenvalue weighted by Gasteiger charge is 2.19. The van der Waals surface area contributed by atoms with E-state index in [1.807, 2.05) is 0 Å². The Kier molecular flexibility index (Phi) is 8.93. The number of benzene rings is 9. The first-order chi connectivity index (χ1) is 31.2. The van der Waals surface area contributed by atoms with E-state index in [2.05, 4.69) is 252 Å². The summed E-state index contributed by atoms with van der Waals surface area (Å²) in [5.41, 5.74) is 19.0. The molecule has 0 saturated heterocycles. The first kappa shape index (κ1) is 36.6. The van der Waals surface area contributed by atoms with Gasteiger partial charge in [-0.2, -0.15) is 0 Å². The lowest BCUT2D eigenvalue weighted by molar-refractivity contribution is 1.13. The molecule has 296 valence electrons. The van der Waals surface area contributed by atoms with Gasteiger partial charge in [-0.25, -0.2) is 0 Å². The summed E-state index contributed by atoms with van der Waals surface area (Å²) in [6.07, 6.45) is 9.94. The summed E-state index contributed by atoms with van der Waals surface area (Å²) in [7, 11) is 0. The van der Waals surface area contributed by atoms with Crippen LogP contribution in [0.2, 0.25) is 0 Å². The van der Waals surface area contributed by atoms with Gasteiger partial charge in [-0.1, -0.05) is 176 Å². The molecule has 0 bridgehead atoms. The van der Waals surface area contributed by atoms with E-state index in [1.165, 1.54) is 93.7 Å². The highest BCUT2D eigenvalue weighted by molar-refractivity contribution is 6.11. The molecule has 0 unspecified atom stereocenters. The summed E-state index contributed by atoms with van der Waals surface area (Å²) in [5.74, 6) is 0. The van der Waals surface area contributed by atoms with Crippen LogP contribution in [-0.4, -0.2) is 9.13 Å². The average molecular weight is 803 g/mol. The molecule has 0 spiro atoms. The van der Waals surface area contributed by atoms with Crippen molar-refractivity contribution >= 4 is 54.8 Å². The second-order valence-corrected chi connectivity index (χ2v) is 16.5. The fourth-order valence-electron chi connectivity index (χ4n) is 9.76. The lowest BCUT2D eigenvalue weighted by atomic mass is 9.90. The number of rotatable bonds is 7. The Bertz CT molecular complexity index is 3390. The minimum Gasteiger partial charge on any atom is -0.309 e. The van der Waals surface area contributed by atoms with Gasteiger partial charge in [-0.3, -0.25) is 0 Å². The predicted molar refractivity (Wildman–Crippen MR) is 268 cm³/mol. The van der Waals surface area contributed by atoms with Crippen molar-refractivity contribution in [2.75, 3.05) is 0 Å². The average Bonchev–Trinajstić information content (AvgIpc) is 3.75. The molecule has 0 N–H and O–H groups in total. The van der Waals surface area contributed by atoms with Gasteiger partial charge in [-0.15, -0.1) is 0 Å². The Morgan fingerprint density at radius 1 is 0.302 bits per heavy atom. The zero-order chi connectivity index (χ0) is 41.7. The zero-order valence-electron chi connectivity index (χ0n) is 34.7. The number of hydrogen-bond acceptors (Lipinski definition) is 0. The van der Waals surface area contributed by atoms with Crippen LogP contribution in [0.15, 0.2) is 243 Å². The fourth-order valence-corrected chi connectivity index (χ4v) is 9.76. The molecule has 0 atom stereocenters. The first-order valence-corrected chi connectivity index (χ1v) is 21.8. The Balaban J connectivity index is 1.11. The third-order valence-electron chi connectivity index (χ3n) is 12.7. The van der Waals surface area contributed by atoms with Crippen molar-refractivity contribution in [1.29, 1.82) is 0 Å². The van der Waals surface area contributed by atoms with Gasteiger partial charge < -0.3 is 9.13 Å². The first-order valence-electron chi connectivity index (χ1n) is 21.8. The van der Waals surface area contributed by atoms with Crippen LogP contribution in [0.5, 0.6) is 0 Å². The standard InChI is InChI=1S/C61H42N2/c1-3-17-42(18-4-1)44-21-15-22-45(34-33-44)48-36-49(47-24-16-23-46(35-47)43-19-5-2-6-20-43)38-50(37-48)51-39-52(62-58-29-11-7-25-54(58)55-26-8-12-30-59(55)62)41-53(40-51)63-60-31-13-9-27-56(60)57-28-10-14-32-61(57)63/h1-33,35-41H,34H2. The number of fused-ring (bicyclic) bond motifs is 6. The van der Waals surface area contributed by atoms with Gasteiger partial charge >= 0.3 is 0 Å². The third kappa shape index (κ3) is 6.52. The molecule has 63 heavy (non-hydrogen) atoms. The summed E-state index contributed by atoms with van der Waals surface area (Å²) in [6.45, 7) is 0. The highest BCUT2D eigenvalue weighted by Crippen LogP contribution is 2.40. The van der Waals surface area contributed by atoms with Crippen molar-refractivity contribution in [3.05, 3.63) is 254 Å². The van der Waals surface area contributed by atoms with E-state index < -0.39 is 0 Å². The molecule has 11 aromatic rings. The maximum atomic E-state index is 2.45. The number of nitrogens with zero attached hydrogens (tertiary/aromatic N) is 2. The van der Waals surface area contributed by atoms with Crippen LogP contribution < -0.4 is 0 Å². The van der Waals surface area contributed by atoms with Crippen molar-refractivity contribution in [2.45, 2.75) is 6.42 Å². The molecule has 0 fully saturated rings. The molecule has 1 aliphatic rings. The van der Waals surface area contributed by atoms with E-state index in [0.717, 1.165) is 23.4 Å².